The lowest BCUT2D eigenvalue weighted by Gasteiger charge is -2.19. The average molecular weight is 403 g/mol. The lowest BCUT2D eigenvalue weighted by Crippen LogP contribution is -2.33. The smallest absolute Gasteiger partial charge is 0.308 e. The Morgan fingerprint density at radius 2 is 1.62 bits per heavy atom. The van der Waals surface area contributed by atoms with Crippen molar-refractivity contribution >= 4 is 23.6 Å². The zero-order valence-electron chi connectivity index (χ0n) is 16.6. The quantitative estimate of drug-likeness (QED) is 0.372. The number of hydrogen-bond donors (Lipinski definition) is 0. The Bertz CT molecular complexity index is 795. The fourth-order valence-electron chi connectivity index (χ4n) is 3.97. The maximum absolute atomic E-state index is 12.4. The molecule has 1 saturated carbocycles. The average Bonchev–Trinajstić information content (AvgIpc) is 3.00. The van der Waals surface area contributed by atoms with Crippen molar-refractivity contribution in [2.24, 2.45) is 11.8 Å². The lowest BCUT2D eigenvalue weighted by molar-refractivity contribution is -0.145. The monoisotopic (exact) mass is 403 g/mol. The molecule has 0 N–H and O–H groups in total. The molecule has 8 heteroatoms. The molecule has 2 aliphatic rings. The summed E-state index contributed by atoms with van der Waals surface area (Å²) in [6.07, 6.45) is 3.24. The molecule has 1 heterocycles. The van der Waals surface area contributed by atoms with Crippen molar-refractivity contribution in [2.45, 2.75) is 32.1 Å². The van der Waals surface area contributed by atoms with E-state index in [1.54, 1.807) is 12.1 Å². The summed E-state index contributed by atoms with van der Waals surface area (Å²) in [5.41, 5.74) is 0.324. The van der Waals surface area contributed by atoms with Gasteiger partial charge in [-0.2, -0.15) is 0 Å². The first kappa shape index (κ1) is 20.8. The van der Waals surface area contributed by atoms with Gasteiger partial charge in [-0.1, -0.05) is 12.8 Å². The van der Waals surface area contributed by atoms with Crippen LogP contribution in [-0.4, -0.2) is 55.8 Å². The number of methoxy groups -OCH3 is 2. The highest BCUT2D eigenvalue weighted by Crippen LogP contribution is 2.38. The Balaban J connectivity index is 1.49. The van der Waals surface area contributed by atoms with Crippen LogP contribution in [0.5, 0.6) is 11.5 Å². The molecule has 2 fully saturated rings. The van der Waals surface area contributed by atoms with Crippen LogP contribution < -0.4 is 9.47 Å². The predicted molar refractivity (Wildman–Crippen MR) is 102 cm³/mol. The van der Waals surface area contributed by atoms with Gasteiger partial charge in [0.05, 0.1) is 32.5 Å². The van der Waals surface area contributed by atoms with Gasteiger partial charge in [-0.15, -0.1) is 0 Å². The van der Waals surface area contributed by atoms with E-state index in [-0.39, 0.29) is 36.6 Å². The Hall–Kier alpha value is -2.90. The van der Waals surface area contributed by atoms with Gasteiger partial charge in [0.15, 0.2) is 23.9 Å². The van der Waals surface area contributed by atoms with Gasteiger partial charge in [0.1, 0.15) is 0 Å². The van der Waals surface area contributed by atoms with Gasteiger partial charge in [0.2, 0.25) is 11.8 Å². The molecule has 29 heavy (non-hydrogen) atoms. The van der Waals surface area contributed by atoms with Crippen LogP contribution in [0.15, 0.2) is 18.2 Å². The van der Waals surface area contributed by atoms with E-state index in [1.165, 1.54) is 25.2 Å². The number of benzene rings is 1. The van der Waals surface area contributed by atoms with Crippen molar-refractivity contribution in [3.05, 3.63) is 23.8 Å². The van der Waals surface area contributed by atoms with Crippen molar-refractivity contribution in [2.75, 3.05) is 27.4 Å². The summed E-state index contributed by atoms with van der Waals surface area (Å²) in [5.74, 6) is -0.979. The molecule has 8 nitrogen and oxygen atoms in total. The number of ketones is 1. The molecule has 1 aliphatic heterocycles. The highest BCUT2D eigenvalue weighted by atomic mass is 16.5. The standard InChI is InChI=1S/C21H25NO7/c1-27-17-8-7-13(11-18(17)28-2)16(23)12-29-19(24)9-10-22-20(25)14-5-3-4-6-15(14)21(22)26/h7-8,11,14-15H,3-6,9-10,12H2,1-2H3/t14-,15-/m1/s1. The molecular formula is C21H25NO7. The van der Waals surface area contributed by atoms with E-state index in [0.717, 1.165) is 25.7 Å². The number of imide groups is 1. The summed E-state index contributed by atoms with van der Waals surface area (Å²) in [7, 11) is 2.95. The Kier molecular flexibility index (Phi) is 6.51. The number of fused-ring (bicyclic) bond motifs is 1. The third-order valence-corrected chi connectivity index (χ3v) is 5.54. The summed E-state index contributed by atoms with van der Waals surface area (Å²) in [5, 5.41) is 0. The van der Waals surface area contributed by atoms with Gasteiger partial charge in [0, 0.05) is 12.1 Å². The van der Waals surface area contributed by atoms with Crippen LogP contribution in [0.2, 0.25) is 0 Å². The maximum atomic E-state index is 12.4. The predicted octanol–water partition coefficient (Wildman–Crippen LogP) is 1.99. The van der Waals surface area contributed by atoms with Crippen molar-refractivity contribution in [3.8, 4) is 11.5 Å². The molecule has 3 rings (SSSR count). The summed E-state index contributed by atoms with van der Waals surface area (Å²) < 4.78 is 15.3. The molecule has 1 aromatic carbocycles. The van der Waals surface area contributed by atoms with Crippen molar-refractivity contribution in [1.29, 1.82) is 0 Å². The van der Waals surface area contributed by atoms with Crippen molar-refractivity contribution in [1.82, 2.24) is 4.90 Å². The third-order valence-electron chi connectivity index (χ3n) is 5.54. The van der Waals surface area contributed by atoms with Gasteiger partial charge < -0.3 is 14.2 Å². The zero-order valence-corrected chi connectivity index (χ0v) is 16.6. The first-order valence-corrected chi connectivity index (χ1v) is 9.72. The number of hydrogen-bond acceptors (Lipinski definition) is 7. The van der Waals surface area contributed by atoms with E-state index in [2.05, 4.69) is 0 Å². The van der Waals surface area contributed by atoms with Gasteiger partial charge >= 0.3 is 5.97 Å². The number of Topliss-reactive ketones (excluding diaryl/α,β-unsaturated/α-hetero) is 1. The lowest BCUT2D eigenvalue weighted by atomic mass is 9.81. The topological polar surface area (TPSA) is 99.2 Å². The van der Waals surface area contributed by atoms with Gasteiger partial charge in [-0.25, -0.2) is 0 Å². The molecule has 0 bridgehead atoms. The summed E-state index contributed by atoms with van der Waals surface area (Å²) >= 11 is 0. The van der Waals surface area contributed by atoms with Gasteiger partial charge in [-0.3, -0.25) is 24.1 Å². The van der Waals surface area contributed by atoms with Crippen LogP contribution in [0.3, 0.4) is 0 Å². The highest BCUT2D eigenvalue weighted by molar-refractivity contribution is 6.05. The summed E-state index contributed by atoms with van der Waals surface area (Å²) in [4.78, 5) is 50.3. The van der Waals surface area contributed by atoms with Gasteiger partial charge in [0.25, 0.3) is 0 Å². The molecule has 0 unspecified atom stereocenters. The molecule has 2 amide bonds. The van der Waals surface area contributed by atoms with Crippen molar-refractivity contribution < 1.29 is 33.4 Å². The second kappa shape index (κ2) is 9.07. The minimum Gasteiger partial charge on any atom is -0.493 e. The van der Waals surface area contributed by atoms with Gasteiger partial charge in [-0.05, 0) is 31.0 Å². The SMILES string of the molecule is COc1ccc(C(=O)COC(=O)CCN2C(=O)[C@@H]3CCCC[C@H]3C2=O)cc1OC. The summed E-state index contributed by atoms with van der Waals surface area (Å²) in [6, 6.07) is 4.66. The summed E-state index contributed by atoms with van der Waals surface area (Å²) in [6.45, 7) is -0.435. The fraction of sp³-hybridized carbons (Fsp3) is 0.524. The number of rotatable bonds is 8. The Labute approximate surface area is 169 Å². The van der Waals surface area contributed by atoms with Crippen LogP contribution in [0, 0.1) is 11.8 Å². The number of nitrogens with zero attached hydrogens (tertiary/aromatic N) is 1. The third kappa shape index (κ3) is 4.41. The van der Waals surface area contributed by atoms with E-state index in [1.807, 2.05) is 0 Å². The first-order valence-electron chi connectivity index (χ1n) is 9.72. The van der Waals surface area contributed by atoms with Crippen LogP contribution in [0.4, 0.5) is 0 Å². The Morgan fingerprint density at radius 3 is 2.21 bits per heavy atom. The van der Waals surface area contributed by atoms with Crippen LogP contribution in [-0.2, 0) is 19.1 Å². The van der Waals surface area contributed by atoms with E-state index < -0.39 is 18.4 Å². The second-order valence-electron chi connectivity index (χ2n) is 7.23. The van der Waals surface area contributed by atoms with E-state index in [4.69, 9.17) is 14.2 Å². The zero-order chi connectivity index (χ0) is 21.0. The highest BCUT2D eigenvalue weighted by Gasteiger charge is 2.47. The normalized spacial score (nSPS) is 21.0. The minimum absolute atomic E-state index is 0.00590. The molecule has 156 valence electrons. The Morgan fingerprint density at radius 1 is 1.00 bits per heavy atom. The number of likely N-dealkylation sites (tertiary alicyclic amines) is 1. The number of amides is 2. The van der Waals surface area contributed by atoms with Crippen LogP contribution in [0.1, 0.15) is 42.5 Å². The number of ether oxygens (including phenoxy) is 3. The van der Waals surface area contributed by atoms with Crippen LogP contribution in [0.25, 0.3) is 0 Å². The second-order valence-corrected chi connectivity index (χ2v) is 7.23. The van der Waals surface area contributed by atoms with E-state index in [0.29, 0.717) is 17.1 Å². The molecule has 1 aliphatic carbocycles. The maximum Gasteiger partial charge on any atom is 0.308 e. The molecule has 1 aromatic rings. The number of carbonyl (C=O) groups excluding carboxylic acids is 4. The van der Waals surface area contributed by atoms with E-state index >= 15 is 0 Å². The molecule has 0 radical (unpaired) electrons. The van der Waals surface area contributed by atoms with E-state index in [9.17, 15) is 19.2 Å². The largest absolute Gasteiger partial charge is 0.493 e. The first-order chi connectivity index (χ1) is 14.0. The van der Waals surface area contributed by atoms with Crippen LogP contribution >= 0.6 is 0 Å². The molecular weight excluding hydrogens is 378 g/mol. The number of carbonyl (C=O) groups is 4. The van der Waals surface area contributed by atoms with Crippen molar-refractivity contribution in [3.63, 3.8) is 0 Å². The molecule has 0 spiro atoms. The molecule has 1 saturated heterocycles. The molecule has 0 aromatic heterocycles. The fourth-order valence-corrected chi connectivity index (χ4v) is 3.97. The minimum atomic E-state index is -0.630. The molecule has 2 atom stereocenters. The number of esters is 1.